The topological polar surface area (TPSA) is 38.0 Å². The van der Waals surface area contributed by atoms with Gasteiger partial charge in [-0.3, -0.25) is 0 Å². The lowest BCUT2D eigenvalue weighted by molar-refractivity contribution is 0.805. The van der Waals surface area contributed by atoms with Gasteiger partial charge in [-0.1, -0.05) is 12.2 Å². The molecule has 0 aromatic heterocycles. The highest BCUT2D eigenvalue weighted by Gasteiger charge is 2.14. The van der Waals surface area contributed by atoms with Crippen LogP contribution in [0.1, 0.15) is 18.4 Å². The van der Waals surface area contributed by atoms with Gasteiger partial charge in [0.15, 0.2) is 0 Å². The Morgan fingerprint density at radius 1 is 1.44 bits per heavy atom. The maximum Gasteiger partial charge on any atom is 0.103 e. The van der Waals surface area contributed by atoms with Crippen LogP contribution in [0.5, 0.6) is 0 Å². The first-order chi connectivity index (χ1) is 7.75. The number of hydrogen-bond donors (Lipinski definition) is 2. The quantitative estimate of drug-likeness (QED) is 0.808. The highest BCUT2D eigenvalue weighted by atomic mass is 32.2. The van der Waals surface area contributed by atoms with Crippen molar-refractivity contribution in [1.29, 1.82) is 0 Å². The van der Waals surface area contributed by atoms with Crippen molar-refractivity contribution in [1.82, 2.24) is 0 Å². The molecule has 1 aliphatic rings. The van der Waals surface area contributed by atoms with Gasteiger partial charge < -0.3 is 11.1 Å². The van der Waals surface area contributed by atoms with Crippen LogP contribution in [0.25, 0.3) is 0 Å². The predicted molar refractivity (Wildman–Crippen MR) is 76.3 cm³/mol. The fourth-order valence-electron chi connectivity index (χ4n) is 1.79. The van der Waals surface area contributed by atoms with Crippen molar-refractivity contribution in [2.75, 3.05) is 17.6 Å². The number of thiocarbonyl (C=S) groups is 1. The van der Waals surface area contributed by atoms with Crippen molar-refractivity contribution in [3.05, 3.63) is 29.8 Å². The molecule has 0 radical (unpaired) electrons. The molecular formula is C12H16N2S2. The summed E-state index contributed by atoms with van der Waals surface area (Å²) in [6, 6.07) is 8.00. The smallest absolute Gasteiger partial charge is 0.103 e. The van der Waals surface area contributed by atoms with E-state index in [1.807, 2.05) is 24.3 Å². The van der Waals surface area contributed by atoms with Crippen LogP contribution in [0.3, 0.4) is 0 Å². The zero-order chi connectivity index (χ0) is 11.4. The van der Waals surface area contributed by atoms with Crippen LogP contribution in [0.15, 0.2) is 24.3 Å². The molecule has 1 saturated heterocycles. The SMILES string of the molecule is NC(=S)c1ccc(NCC2CCCS2)cc1. The van der Waals surface area contributed by atoms with Gasteiger partial charge in [0.05, 0.1) is 0 Å². The normalized spacial score (nSPS) is 19.6. The van der Waals surface area contributed by atoms with Crippen LogP contribution in [0, 0.1) is 0 Å². The Kier molecular flexibility index (Phi) is 4.07. The fourth-order valence-corrected chi connectivity index (χ4v) is 3.13. The van der Waals surface area contributed by atoms with Gasteiger partial charge in [-0.2, -0.15) is 11.8 Å². The molecule has 2 rings (SSSR count). The van der Waals surface area contributed by atoms with Crippen LogP contribution in [0.2, 0.25) is 0 Å². The molecular weight excluding hydrogens is 236 g/mol. The Morgan fingerprint density at radius 2 is 2.19 bits per heavy atom. The van der Waals surface area contributed by atoms with Crippen LogP contribution in [-0.2, 0) is 0 Å². The number of nitrogens with two attached hydrogens (primary N) is 1. The highest BCUT2D eigenvalue weighted by Crippen LogP contribution is 2.26. The van der Waals surface area contributed by atoms with Gasteiger partial charge in [0.1, 0.15) is 4.99 Å². The molecule has 4 heteroatoms. The highest BCUT2D eigenvalue weighted by molar-refractivity contribution is 8.00. The summed E-state index contributed by atoms with van der Waals surface area (Å²) in [6.07, 6.45) is 2.69. The van der Waals surface area contributed by atoms with E-state index in [0.717, 1.165) is 23.0 Å². The molecule has 0 saturated carbocycles. The summed E-state index contributed by atoms with van der Waals surface area (Å²) >= 11 is 6.98. The van der Waals surface area contributed by atoms with Crippen molar-refractivity contribution in [2.24, 2.45) is 5.73 Å². The Morgan fingerprint density at radius 3 is 2.75 bits per heavy atom. The Bertz CT molecular complexity index is 356. The van der Waals surface area contributed by atoms with Crippen molar-refractivity contribution in [2.45, 2.75) is 18.1 Å². The molecule has 0 bridgehead atoms. The van der Waals surface area contributed by atoms with Crippen LogP contribution in [-0.4, -0.2) is 22.5 Å². The fraction of sp³-hybridized carbons (Fsp3) is 0.417. The van der Waals surface area contributed by atoms with Gasteiger partial charge in [-0.25, -0.2) is 0 Å². The second kappa shape index (κ2) is 5.55. The van der Waals surface area contributed by atoms with Gasteiger partial charge in [0, 0.05) is 23.0 Å². The molecule has 16 heavy (non-hydrogen) atoms. The van der Waals surface area contributed by atoms with E-state index in [9.17, 15) is 0 Å². The Labute approximate surface area is 106 Å². The first-order valence-corrected chi connectivity index (χ1v) is 6.97. The summed E-state index contributed by atoms with van der Waals surface area (Å²) in [7, 11) is 0. The third kappa shape index (κ3) is 3.12. The molecule has 1 aliphatic heterocycles. The molecule has 0 spiro atoms. The summed E-state index contributed by atoms with van der Waals surface area (Å²) in [6.45, 7) is 1.05. The van der Waals surface area contributed by atoms with Crippen molar-refractivity contribution in [3.8, 4) is 0 Å². The van der Waals surface area contributed by atoms with Crippen molar-refractivity contribution >= 4 is 34.7 Å². The minimum absolute atomic E-state index is 0.456. The number of nitrogens with one attached hydrogen (secondary N) is 1. The first kappa shape index (κ1) is 11.7. The number of rotatable bonds is 4. The maximum atomic E-state index is 5.55. The average molecular weight is 252 g/mol. The minimum Gasteiger partial charge on any atom is -0.389 e. The molecule has 1 unspecified atom stereocenters. The second-order valence-electron chi connectivity index (χ2n) is 3.96. The van der Waals surface area contributed by atoms with E-state index >= 15 is 0 Å². The third-order valence-electron chi connectivity index (χ3n) is 2.73. The first-order valence-electron chi connectivity index (χ1n) is 5.51. The lowest BCUT2D eigenvalue weighted by atomic mass is 10.2. The molecule has 86 valence electrons. The monoisotopic (exact) mass is 252 g/mol. The summed E-state index contributed by atoms with van der Waals surface area (Å²) in [5, 5.41) is 4.22. The van der Waals surface area contributed by atoms with Crippen LogP contribution >= 0.6 is 24.0 Å². The van der Waals surface area contributed by atoms with E-state index in [1.165, 1.54) is 18.6 Å². The lowest BCUT2D eigenvalue weighted by Crippen LogP contribution is -2.14. The summed E-state index contributed by atoms with van der Waals surface area (Å²) < 4.78 is 0. The molecule has 1 atom stereocenters. The number of benzene rings is 1. The van der Waals surface area contributed by atoms with Crippen LogP contribution in [0.4, 0.5) is 5.69 Å². The molecule has 1 fully saturated rings. The van der Waals surface area contributed by atoms with Gasteiger partial charge in [-0.15, -0.1) is 0 Å². The minimum atomic E-state index is 0.456. The van der Waals surface area contributed by atoms with Crippen LogP contribution < -0.4 is 11.1 Å². The van der Waals surface area contributed by atoms with E-state index in [1.54, 1.807) is 0 Å². The third-order valence-corrected chi connectivity index (χ3v) is 4.36. The van der Waals surface area contributed by atoms with E-state index in [4.69, 9.17) is 18.0 Å². The van der Waals surface area contributed by atoms with E-state index < -0.39 is 0 Å². The lowest BCUT2D eigenvalue weighted by Gasteiger charge is -2.11. The zero-order valence-electron chi connectivity index (χ0n) is 9.11. The summed E-state index contributed by atoms with van der Waals surface area (Å²) in [5.74, 6) is 1.31. The van der Waals surface area contributed by atoms with Gasteiger partial charge in [-0.05, 0) is 42.9 Å². The molecule has 1 heterocycles. The van der Waals surface area contributed by atoms with Gasteiger partial charge in [0.25, 0.3) is 0 Å². The second-order valence-corrected chi connectivity index (χ2v) is 5.81. The summed E-state index contributed by atoms with van der Waals surface area (Å²) in [4.78, 5) is 0.456. The van der Waals surface area contributed by atoms with E-state index in [2.05, 4.69) is 17.1 Å². The molecule has 2 nitrogen and oxygen atoms in total. The maximum absolute atomic E-state index is 5.55. The summed E-state index contributed by atoms with van der Waals surface area (Å²) in [5.41, 5.74) is 7.62. The predicted octanol–water partition coefficient (Wildman–Crippen LogP) is 2.63. The van der Waals surface area contributed by atoms with Gasteiger partial charge >= 0.3 is 0 Å². The number of thioether (sulfide) groups is 1. The Hall–Kier alpha value is -0.740. The Balaban J connectivity index is 1.87. The van der Waals surface area contributed by atoms with Gasteiger partial charge in [0.2, 0.25) is 0 Å². The molecule has 1 aromatic rings. The standard InChI is InChI=1S/C12H16N2S2/c13-12(15)9-3-5-10(6-4-9)14-8-11-2-1-7-16-11/h3-6,11,14H,1-2,7-8H2,(H2,13,15). The average Bonchev–Trinajstić information content (AvgIpc) is 2.80. The number of hydrogen-bond acceptors (Lipinski definition) is 3. The molecule has 0 aliphatic carbocycles. The van der Waals surface area contributed by atoms with Crippen molar-refractivity contribution < 1.29 is 0 Å². The van der Waals surface area contributed by atoms with E-state index in [-0.39, 0.29) is 0 Å². The molecule has 3 N–H and O–H groups in total. The van der Waals surface area contributed by atoms with E-state index in [0.29, 0.717) is 4.99 Å². The largest absolute Gasteiger partial charge is 0.389 e. The van der Waals surface area contributed by atoms with Crippen molar-refractivity contribution in [3.63, 3.8) is 0 Å². The number of anilines is 1. The zero-order valence-corrected chi connectivity index (χ0v) is 10.7. The molecule has 1 aromatic carbocycles. The molecule has 0 amide bonds.